The van der Waals surface area contributed by atoms with Gasteiger partial charge in [0.05, 0.1) is 11.4 Å². The molecule has 4 aliphatic rings. The summed E-state index contributed by atoms with van der Waals surface area (Å²) in [6, 6.07) is 0. The average molecular weight is 397 g/mol. The molecule has 4 rings (SSSR count). The van der Waals surface area contributed by atoms with E-state index < -0.39 is 0 Å². The minimum absolute atomic E-state index is 0.0547. The summed E-state index contributed by atoms with van der Waals surface area (Å²) in [6.07, 6.45) is 10.8. The molecule has 0 aromatic rings. The molecule has 0 amide bonds. The zero-order chi connectivity index (χ0) is 17.1. The van der Waals surface area contributed by atoms with Crippen LogP contribution in [-0.2, 0) is 4.79 Å². The number of ketones is 1. The number of hydrogen-bond donors (Lipinski definition) is 1. The Morgan fingerprint density at radius 1 is 1.00 bits per heavy atom. The van der Waals surface area contributed by atoms with Gasteiger partial charge in [-0.1, -0.05) is 29.8 Å². The summed E-state index contributed by atoms with van der Waals surface area (Å²) in [5.74, 6) is 3.88. The van der Waals surface area contributed by atoms with Crippen molar-refractivity contribution in [3.05, 3.63) is 0 Å². The van der Waals surface area contributed by atoms with Crippen LogP contribution in [0.25, 0.3) is 0 Å². The van der Waals surface area contributed by atoms with Crippen molar-refractivity contribution in [3.8, 4) is 0 Å². The fourth-order valence-corrected chi connectivity index (χ4v) is 8.25. The predicted molar refractivity (Wildman–Crippen MR) is 100 cm³/mol. The Hall–Kier alpha value is 0.110. The summed E-state index contributed by atoms with van der Waals surface area (Å²) in [5, 5.41) is 10.7. The van der Waals surface area contributed by atoms with Gasteiger partial charge in [-0.25, -0.2) is 0 Å². The molecule has 4 aliphatic carbocycles. The van der Waals surface area contributed by atoms with Crippen LogP contribution in [0, 0.1) is 40.4 Å². The minimum Gasteiger partial charge on any atom is -0.393 e. The average Bonchev–Trinajstić information content (AvgIpc) is 2.92. The molecule has 8 atom stereocenters. The Morgan fingerprint density at radius 2 is 1.71 bits per heavy atom. The Bertz CT molecular complexity index is 520. The van der Waals surface area contributed by atoms with E-state index in [2.05, 4.69) is 29.8 Å². The summed E-state index contributed by atoms with van der Waals surface area (Å²) in [6.45, 7) is 4.98. The van der Waals surface area contributed by atoms with Crippen molar-refractivity contribution in [3.63, 3.8) is 0 Å². The largest absolute Gasteiger partial charge is 0.393 e. The number of rotatable bonds is 2. The molecular weight excluding hydrogens is 364 g/mol. The molecule has 0 saturated heterocycles. The first-order chi connectivity index (χ1) is 11.4. The molecule has 136 valence electrons. The number of hydrogen-bond acceptors (Lipinski definition) is 2. The van der Waals surface area contributed by atoms with Crippen LogP contribution in [-0.4, -0.2) is 22.3 Å². The van der Waals surface area contributed by atoms with Gasteiger partial charge in [0, 0.05) is 5.92 Å². The molecule has 0 aliphatic heterocycles. The monoisotopic (exact) mass is 396 g/mol. The highest BCUT2D eigenvalue weighted by atomic mass is 79.9. The Balaban J connectivity index is 1.60. The summed E-state index contributed by atoms with van der Waals surface area (Å²) >= 11 is 3.42. The fraction of sp³-hybridized carbons (Fsp3) is 0.952. The van der Waals surface area contributed by atoms with E-state index in [0.29, 0.717) is 22.4 Å². The lowest BCUT2D eigenvalue weighted by molar-refractivity contribution is -0.138. The van der Waals surface area contributed by atoms with Crippen LogP contribution in [0.1, 0.15) is 71.6 Å². The van der Waals surface area contributed by atoms with Gasteiger partial charge >= 0.3 is 0 Å². The number of alkyl halides is 1. The Kier molecular flexibility index (Phi) is 4.44. The molecular formula is C21H33BrO2. The fourth-order valence-electron chi connectivity index (χ4n) is 7.86. The molecule has 3 heteroatoms. The molecule has 4 saturated carbocycles. The van der Waals surface area contributed by atoms with Gasteiger partial charge in [0.2, 0.25) is 0 Å². The highest BCUT2D eigenvalue weighted by molar-refractivity contribution is 9.09. The maximum absolute atomic E-state index is 12.5. The third-order valence-electron chi connectivity index (χ3n) is 9.16. The molecule has 2 nitrogen and oxygen atoms in total. The van der Waals surface area contributed by atoms with Crippen LogP contribution in [0.15, 0.2) is 0 Å². The van der Waals surface area contributed by atoms with E-state index in [-0.39, 0.29) is 11.5 Å². The normalized spacial score (nSPS) is 53.8. The third kappa shape index (κ3) is 2.40. The Morgan fingerprint density at radius 3 is 2.46 bits per heavy atom. The molecule has 4 fully saturated rings. The number of fused-ring (bicyclic) bond motifs is 5. The van der Waals surface area contributed by atoms with Gasteiger partial charge in [-0.15, -0.1) is 0 Å². The molecule has 0 aromatic heterocycles. The van der Waals surface area contributed by atoms with Crippen LogP contribution in [0.5, 0.6) is 0 Å². The van der Waals surface area contributed by atoms with Gasteiger partial charge in [0.1, 0.15) is 5.78 Å². The van der Waals surface area contributed by atoms with Gasteiger partial charge in [0.15, 0.2) is 0 Å². The SMILES string of the molecule is C[C@@]12CC[C@@H](O)C[C@@H]1CC[C@@H]1[C@H]2CC[C@]2(C)[C@@H](C(=O)CBr)CC[C@@H]12. The third-order valence-corrected chi connectivity index (χ3v) is 9.71. The second-order valence-electron chi connectivity index (χ2n) is 9.86. The number of Topliss-reactive ketones (excluding diaryl/α,β-unsaturated/α-hetero) is 1. The highest BCUT2D eigenvalue weighted by Gasteiger charge is 2.60. The molecule has 24 heavy (non-hydrogen) atoms. The lowest BCUT2D eigenvalue weighted by atomic mass is 9.44. The number of aliphatic hydroxyl groups excluding tert-OH is 1. The summed E-state index contributed by atoms with van der Waals surface area (Å²) in [5.41, 5.74) is 0.699. The molecule has 0 aromatic carbocycles. The van der Waals surface area contributed by atoms with Crippen molar-refractivity contribution in [2.24, 2.45) is 40.4 Å². The molecule has 0 spiro atoms. The zero-order valence-electron chi connectivity index (χ0n) is 15.3. The van der Waals surface area contributed by atoms with E-state index in [1.807, 2.05) is 0 Å². The van der Waals surface area contributed by atoms with E-state index >= 15 is 0 Å². The van der Waals surface area contributed by atoms with Gasteiger partial charge in [-0.3, -0.25) is 4.79 Å². The minimum atomic E-state index is -0.0547. The van der Waals surface area contributed by atoms with Crippen molar-refractivity contribution < 1.29 is 9.90 Å². The van der Waals surface area contributed by atoms with Gasteiger partial charge in [-0.2, -0.15) is 0 Å². The van der Waals surface area contributed by atoms with E-state index in [1.54, 1.807) is 0 Å². The van der Waals surface area contributed by atoms with Crippen LogP contribution in [0.2, 0.25) is 0 Å². The maximum Gasteiger partial charge on any atom is 0.147 e. The number of aliphatic hydroxyl groups is 1. The Labute approximate surface area is 155 Å². The molecule has 0 unspecified atom stereocenters. The van der Waals surface area contributed by atoms with Crippen molar-refractivity contribution in [2.45, 2.75) is 77.7 Å². The number of carbonyl (C=O) groups is 1. The summed E-state index contributed by atoms with van der Waals surface area (Å²) in [7, 11) is 0. The number of halogens is 1. The van der Waals surface area contributed by atoms with Crippen LogP contribution in [0.3, 0.4) is 0 Å². The van der Waals surface area contributed by atoms with E-state index in [1.165, 1.54) is 38.5 Å². The number of carbonyl (C=O) groups excluding carboxylic acids is 1. The molecule has 0 bridgehead atoms. The quantitative estimate of drug-likeness (QED) is 0.668. The van der Waals surface area contributed by atoms with Crippen molar-refractivity contribution in [1.82, 2.24) is 0 Å². The highest BCUT2D eigenvalue weighted by Crippen LogP contribution is 2.67. The second kappa shape index (κ2) is 6.08. The smallest absolute Gasteiger partial charge is 0.147 e. The molecule has 1 N–H and O–H groups in total. The summed E-state index contributed by atoms with van der Waals surface area (Å²) < 4.78 is 0. The van der Waals surface area contributed by atoms with Gasteiger partial charge in [-0.05, 0) is 92.3 Å². The molecule has 0 heterocycles. The van der Waals surface area contributed by atoms with Crippen LogP contribution < -0.4 is 0 Å². The van der Waals surface area contributed by atoms with E-state index in [9.17, 15) is 9.90 Å². The lowest BCUT2D eigenvalue weighted by Crippen LogP contribution is -2.54. The topological polar surface area (TPSA) is 37.3 Å². The molecule has 0 radical (unpaired) electrons. The van der Waals surface area contributed by atoms with Crippen LogP contribution in [0.4, 0.5) is 0 Å². The van der Waals surface area contributed by atoms with Crippen molar-refractivity contribution >= 4 is 21.7 Å². The zero-order valence-corrected chi connectivity index (χ0v) is 16.9. The van der Waals surface area contributed by atoms with Gasteiger partial charge < -0.3 is 5.11 Å². The van der Waals surface area contributed by atoms with Crippen molar-refractivity contribution in [1.29, 1.82) is 0 Å². The summed E-state index contributed by atoms with van der Waals surface area (Å²) in [4.78, 5) is 12.5. The first-order valence-electron chi connectivity index (χ1n) is 10.2. The first-order valence-corrected chi connectivity index (χ1v) is 11.3. The standard InChI is InChI=1S/C21H33BrO2/c1-20-9-7-14(23)11-13(20)3-4-15-16-5-6-18(19(24)12-22)21(16,2)10-8-17(15)20/h13-18,23H,3-12H2,1-2H3/t13-,14+,15-,16-,17+,18+,20+,21-/m0/s1. The van der Waals surface area contributed by atoms with E-state index in [4.69, 9.17) is 0 Å². The predicted octanol–water partition coefficient (Wildman–Crippen LogP) is 4.97. The van der Waals surface area contributed by atoms with Crippen molar-refractivity contribution in [2.75, 3.05) is 5.33 Å². The van der Waals surface area contributed by atoms with Crippen LogP contribution >= 0.6 is 15.9 Å². The second-order valence-corrected chi connectivity index (χ2v) is 10.4. The van der Waals surface area contributed by atoms with Gasteiger partial charge in [0.25, 0.3) is 0 Å². The maximum atomic E-state index is 12.5. The van der Waals surface area contributed by atoms with E-state index in [0.717, 1.165) is 42.9 Å². The first kappa shape index (κ1) is 17.5. The lowest BCUT2D eigenvalue weighted by Gasteiger charge is -2.60.